The first-order valence-electron chi connectivity index (χ1n) is 6.89. The third kappa shape index (κ3) is 3.48. The van der Waals surface area contributed by atoms with Gasteiger partial charge in [0.2, 0.25) is 10.0 Å². The van der Waals surface area contributed by atoms with Crippen LogP contribution in [0.15, 0.2) is 40.8 Å². The molecule has 1 aromatic rings. The van der Waals surface area contributed by atoms with Gasteiger partial charge in [-0.05, 0) is 43.9 Å². The van der Waals surface area contributed by atoms with Gasteiger partial charge in [-0.1, -0.05) is 23.8 Å². The average molecular weight is 295 g/mol. The largest absolute Gasteiger partial charge is 0.396 e. The van der Waals surface area contributed by atoms with Crippen molar-refractivity contribution in [1.82, 2.24) is 4.31 Å². The monoisotopic (exact) mass is 295 g/mol. The second-order valence-electron chi connectivity index (χ2n) is 5.15. The van der Waals surface area contributed by atoms with Gasteiger partial charge in [0.1, 0.15) is 0 Å². The maximum absolute atomic E-state index is 12.5. The average Bonchev–Trinajstić information content (AvgIpc) is 2.45. The van der Waals surface area contributed by atoms with Gasteiger partial charge in [-0.2, -0.15) is 4.31 Å². The number of sulfonamides is 1. The highest BCUT2D eigenvalue weighted by molar-refractivity contribution is 7.89. The molecule has 0 spiro atoms. The van der Waals surface area contributed by atoms with Crippen LogP contribution in [0, 0.1) is 0 Å². The number of aryl methyl sites for hydroxylation is 1. The molecular formula is C15H21NO3S. The van der Waals surface area contributed by atoms with Crippen molar-refractivity contribution in [2.75, 3.05) is 19.7 Å². The van der Waals surface area contributed by atoms with Crippen molar-refractivity contribution >= 4 is 10.0 Å². The first kappa shape index (κ1) is 15.2. The van der Waals surface area contributed by atoms with E-state index in [2.05, 4.69) is 6.08 Å². The van der Waals surface area contributed by atoms with E-state index in [9.17, 15) is 8.42 Å². The summed E-state index contributed by atoms with van der Waals surface area (Å²) in [5.41, 5.74) is 2.15. The third-order valence-electron chi connectivity index (χ3n) is 3.48. The molecule has 0 atom stereocenters. The summed E-state index contributed by atoms with van der Waals surface area (Å²) in [6, 6.07) is 6.98. The Bertz CT molecular complexity index is 576. The summed E-state index contributed by atoms with van der Waals surface area (Å²) in [4.78, 5) is 0.347. The Hall–Kier alpha value is -1.17. The van der Waals surface area contributed by atoms with Crippen molar-refractivity contribution in [2.45, 2.75) is 31.1 Å². The molecule has 0 saturated heterocycles. The van der Waals surface area contributed by atoms with E-state index in [4.69, 9.17) is 5.11 Å². The quantitative estimate of drug-likeness (QED) is 0.845. The van der Waals surface area contributed by atoms with Crippen molar-refractivity contribution in [3.05, 3.63) is 41.5 Å². The second-order valence-corrected chi connectivity index (χ2v) is 7.09. The Kier molecular flexibility index (Phi) is 4.96. The van der Waals surface area contributed by atoms with Gasteiger partial charge in [0.15, 0.2) is 0 Å². The van der Waals surface area contributed by atoms with E-state index >= 15 is 0 Å². The Morgan fingerprint density at radius 3 is 2.55 bits per heavy atom. The van der Waals surface area contributed by atoms with Crippen LogP contribution >= 0.6 is 0 Å². The van der Waals surface area contributed by atoms with E-state index in [0.717, 1.165) is 24.0 Å². The minimum atomic E-state index is -3.39. The minimum absolute atomic E-state index is 0.152. The molecule has 1 aliphatic rings. The first-order chi connectivity index (χ1) is 9.54. The molecule has 0 amide bonds. The van der Waals surface area contributed by atoms with Crippen LogP contribution in [0.3, 0.4) is 0 Å². The van der Waals surface area contributed by atoms with Gasteiger partial charge in [0, 0.05) is 19.7 Å². The molecule has 5 heteroatoms. The van der Waals surface area contributed by atoms with Crippen LogP contribution in [0.4, 0.5) is 0 Å². The fraction of sp³-hybridized carbons (Fsp3) is 0.467. The van der Waals surface area contributed by atoms with Gasteiger partial charge in [-0.25, -0.2) is 8.42 Å². The Morgan fingerprint density at radius 1 is 1.25 bits per heavy atom. The van der Waals surface area contributed by atoms with Crippen LogP contribution in [0.2, 0.25) is 0 Å². The molecular weight excluding hydrogens is 274 g/mol. The molecule has 2 rings (SSSR count). The number of aliphatic hydroxyl groups is 1. The third-order valence-corrected chi connectivity index (χ3v) is 5.34. The molecule has 0 bridgehead atoms. The summed E-state index contributed by atoms with van der Waals surface area (Å²) in [7, 11) is -3.39. The van der Waals surface area contributed by atoms with E-state index in [-0.39, 0.29) is 6.61 Å². The van der Waals surface area contributed by atoms with Crippen molar-refractivity contribution in [3.63, 3.8) is 0 Å². The van der Waals surface area contributed by atoms with E-state index < -0.39 is 10.0 Å². The van der Waals surface area contributed by atoms with Gasteiger partial charge in [0.05, 0.1) is 4.90 Å². The maximum atomic E-state index is 12.5. The molecule has 1 aliphatic heterocycles. The van der Waals surface area contributed by atoms with E-state index in [0.29, 0.717) is 24.4 Å². The fourth-order valence-corrected chi connectivity index (χ4v) is 3.84. The summed E-state index contributed by atoms with van der Waals surface area (Å²) in [5.74, 6) is 0. The van der Waals surface area contributed by atoms with E-state index in [1.807, 2.05) is 19.1 Å². The van der Waals surface area contributed by atoms with Crippen LogP contribution < -0.4 is 0 Å². The number of nitrogens with zero attached hydrogens (tertiary/aromatic N) is 1. The molecule has 0 unspecified atom stereocenters. The molecule has 110 valence electrons. The van der Waals surface area contributed by atoms with Gasteiger partial charge in [0.25, 0.3) is 0 Å². The zero-order valence-electron chi connectivity index (χ0n) is 11.7. The standard InChI is InChI=1S/C15H21NO3S/c1-13-4-2-10-16(12-13)20(18,19)15-8-6-14(7-9-15)5-3-11-17/h4,6-9,17H,2-3,5,10-12H2,1H3. The van der Waals surface area contributed by atoms with Crippen molar-refractivity contribution < 1.29 is 13.5 Å². The van der Waals surface area contributed by atoms with Gasteiger partial charge < -0.3 is 5.11 Å². The Morgan fingerprint density at radius 2 is 1.95 bits per heavy atom. The summed E-state index contributed by atoms with van der Waals surface area (Å²) >= 11 is 0. The van der Waals surface area contributed by atoms with Gasteiger partial charge in [-0.15, -0.1) is 0 Å². The molecule has 1 aromatic carbocycles. The number of hydrogen-bond donors (Lipinski definition) is 1. The highest BCUT2D eigenvalue weighted by Crippen LogP contribution is 2.21. The molecule has 1 heterocycles. The van der Waals surface area contributed by atoms with Crippen molar-refractivity contribution in [2.24, 2.45) is 0 Å². The molecule has 20 heavy (non-hydrogen) atoms. The predicted octanol–water partition coefficient (Wildman–Crippen LogP) is 1.95. The molecule has 0 saturated carbocycles. The first-order valence-corrected chi connectivity index (χ1v) is 8.33. The van der Waals surface area contributed by atoms with E-state index in [1.165, 1.54) is 4.31 Å². The number of rotatable bonds is 5. The summed E-state index contributed by atoms with van der Waals surface area (Å²) in [5, 5.41) is 8.80. The molecule has 0 radical (unpaired) electrons. The van der Waals surface area contributed by atoms with Crippen LogP contribution in [0.5, 0.6) is 0 Å². The summed E-state index contributed by atoms with van der Waals surface area (Å²) < 4.78 is 26.6. The second kappa shape index (κ2) is 6.52. The lowest BCUT2D eigenvalue weighted by atomic mass is 10.1. The zero-order chi connectivity index (χ0) is 14.6. The van der Waals surface area contributed by atoms with E-state index in [1.54, 1.807) is 12.1 Å². The smallest absolute Gasteiger partial charge is 0.243 e. The van der Waals surface area contributed by atoms with Crippen LogP contribution in [0.25, 0.3) is 0 Å². The molecule has 0 fully saturated rings. The molecule has 1 N–H and O–H groups in total. The Balaban J connectivity index is 2.15. The highest BCUT2D eigenvalue weighted by atomic mass is 32.2. The number of benzene rings is 1. The predicted molar refractivity (Wildman–Crippen MR) is 79.0 cm³/mol. The summed E-state index contributed by atoms with van der Waals surface area (Å²) in [6.07, 6.45) is 4.33. The lowest BCUT2D eigenvalue weighted by molar-refractivity contribution is 0.288. The minimum Gasteiger partial charge on any atom is -0.396 e. The SMILES string of the molecule is CC1=CCCN(S(=O)(=O)c2ccc(CCCO)cc2)C1. The zero-order valence-corrected chi connectivity index (χ0v) is 12.6. The molecule has 0 aliphatic carbocycles. The number of aliphatic hydroxyl groups excluding tert-OH is 1. The maximum Gasteiger partial charge on any atom is 0.243 e. The molecule has 4 nitrogen and oxygen atoms in total. The normalized spacial score (nSPS) is 17.0. The highest BCUT2D eigenvalue weighted by Gasteiger charge is 2.25. The topological polar surface area (TPSA) is 57.6 Å². The fourth-order valence-electron chi connectivity index (χ4n) is 2.34. The van der Waals surface area contributed by atoms with Crippen molar-refractivity contribution in [3.8, 4) is 0 Å². The van der Waals surface area contributed by atoms with Crippen molar-refractivity contribution in [1.29, 1.82) is 0 Å². The Labute approximate surface area is 120 Å². The lowest BCUT2D eigenvalue weighted by Crippen LogP contribution is -2.35. The van der Waals surface area contributed by atoms with Crippen LogP contribution in [-0.2, 0) is 16.4 Å². The number of hydrogen-bond acceptors (Lipinski definition) is 3. The molecule has 0 aromatic heterocycles. The summed E-state index contributed by atoms with van der Waals surface area (Å²) in [6.45, 7) is 3.14. The van der Waals surface area contributed by atoms with Gasteiger partial charge in [-0.3, -0.25) is 0 Å². The van der Waals surface area contributed by atoms with Crippen LogP contribution in [-0.4, -0.2) is 37.5 Å². The van der Waals surface area contributed by atoms with Gasteiger partial charge >= 0.3 is 0 Å². The lowest BCUT2D eigenvalue weighted by Gasteiger charge is -2.25. The van der Waals surface area contributed by atoms with Crippen LogP contribution in [0.1, 0.15) is 25.3 Å².